The zero-order valence-electron chi connectivity index (χ0n) is 22.0. The van der Waals surface area contributed by atoms with Gasteiger partial charge in [0, 0.05) is 46.8 Å². The number of para-hydroxylation sites is 1. The summed E-state index contributed by atoms with van der Waals surface area (Å²) in [5.74, 6) is 0.582. The van der Waals surface area contributed by atoms with Crippen molar-refractivity contribution in [3.8, 4) is 5.75 Å². The SMILES string of the molecule is CCCCN(CC(=O)N(CCc1c[nH]c2ccccc12)Cc1ccc(OC)cc1)C(=O)c1ccc(Br)cc1. The lowest BCUT2D eigenvalue weighted by molar-refractivity contribution is -0.132. The summed E-state index contributed by atoms with van der Waals surface area (Å²) >= 11 is 3.43. The third kappa shape index (κ3) is 7.04. The third-order valence-electron chi connectivity index (χ3n) is 6.70. The molecule has 0 fully saturated rings. The van der Waals surface area contributed by atoms with Crippen LogP contribution in [0.15, 0.2) is 83.5 Å². The minimum atomic E-state index is -0.125. The van der Waals surface area contributed by atoms with Gasteiger partial charge in [0.1, 0.15) is 12.3 Å². The van der Waals surface area contributed by atoms with Crippen LogP contribution in [0, 0.1) is 0 Å². The van der Waals surface area contributed by atoms with Crippen molar-refractivity contribution >= 4 is 38.6 Å². The standard InChI is InChI=1S/C31H34BrN3O3/c1-3-4-18-35(31(37)24-11-13-26(32)14-12-24)22-30(36)34(21-23-9-15-27(38-2)16-10-23)19-17-25-20-33-29-8-6-5-7-28(25)29/h5-16,20,33H,3-4,17-19,21-22H2,1-2H3. The molecule has 0 aliphatic rings. The van der Waals surface area contributed by atoms with Crippen molar-refractivity contribution in [1.29, 1.82) is 0 Å². The summed E-state index contributed by atoms with van der Waals surface area (Å²) in [6.45, 7) is 3.66. The minimum Gasteiger partial charge on any atom is -0.497 e. The molecular formula is C31H34BrN3O3. The van der Waals surface area contributed by atoms with Gasteiger partial charge in [0.2, 0.25) is 5.91 Å². The maximum absolute atomic E-state index is 13.7. The van der Waals surface area contributed by atoms with Gasteiger partial charge < -0.3 is 19.5 Å². The molecule has 0 saturated heterocycles. The summed E-state index contributed by atoms with van der Waals surface area (Å²) in [6.07, 6.45) is 4.50. The van der Waals surface area contributed by atoms with E-state index < -0.39 is 0 Å². The lowest BCUT2D eigenvalue weighted by Gasteiger charge is -2.28. The van der Waals surface area contributed by atoms with Crippen molar-refractivity contribution in [1.82, 2.24) is 14.8 Å². The number of methoxy groups -OCH3 is 1. The van der Waals surface area contributed by atoms with Gasteiger partial charge in [-0.1, -0.05) is 59.6 Å². The third-order valence-corrected chi connectivity index (χ3v) is 7.23. The lowest BCUT2D eigenvalue weighted by Crippen LogP contribution is -2.43. The van der Waals surface area contributed by atoms with Crippen molar-refractivity contribution in [3.05, 3.63) is 100 Å². The molecule has 6 nitrogen and oxygen atoms in total. The van der Waals surface area contributed by atoms with Crippen LogP contribution < -0.4 is 4.74 Å². The van der Waals surface area contributed by atoms with Crippen LogP contribution in [0.2, 0.25) is 0 Å². The molecule has 0 spiro atoms. The van der Waals surface area contributed by atoms with E-state index in [1.54, 1.807) is 24.1 Å². The Kier molecular flexibility index (Phi) is 9.60. The second-order valence-corrected chi connectivity index (χ2v) is 10.3. The van der Waals surface area contributed by atoms with E-state index in [4.69, 9.17) is 4.74 Å². The van der Waals surface area contributed by atoms with Crippen LogP contribution in [-0.4, -0.2) is 53.3 Å². The fourth-order valence-corrected chi connectivity index (χ4v) is 4.74. The second kappa shape index (κ2) is 13.3. The number of nitrogens with zero attached hydrogens (tertiary/aromatic N) is 2. The highest BCUT2D eigenvalue weighted by atomic mass is 79.9. The fraction of sp³-hybridized carbons (Fsp3) is 0.290. The molecule has 0 aliphatic carbocycles. The zero-order chi connectivity index (χ0) is 26.9. The van der Waals surface area contributed by atoms with Gasteiger partial charge in [-0.25, -0.2) is 0 Å². The van der Waals surface area contributed by atoms with Gasteiger partial charge in [0.25, 0.3) is 5.91 Å². The molecule has 0 aliphatic heterocycles. The molecule has 1 N–H and O–H groups in total. The Morgan fingerprint density at radius 1 is 0.921 bits per heavy atom. The topological polar surface area (TPSA) is 65.6 Å². The van der Waals surface area contributed by atoms with Crippen LogP contribution in [0.3, 0.4) is 0 Å². The Hall–Kier alpha value is -3.58. The molecule has 0 bridgehead atoms. The fourth-order valence-electron chi connectivity index (χ4n) is 4.48. The molecule has 0 atom stereocenters. The van der Waals surface area contributed by atoms with Gasteiger partial charge in [-0.15, -0.1) is 0 Å². The van der Waals surface area contributed by atoms with Crippen LogP contribution in [0.5, 0.6) is 5.75 Å². The molecule has 0 saturated carbocycles. The number of aromatic nitrogens is 1. The van der Waals surface area contributed by atoms with E-state index in [9.17, 15) is 9.59 Å². The number of carbonyl (C=O) groups excluding carboxylic acids is 2. The number of H-pyrrole nitrogens is 1. The lowest BCUT2D eigenvalue weighted by atomic mass is 10.1. The second-order valence-electron chi connectivity index (χ2n) is 9.36. The van der Waals surface area contributed by atoms with Crippen molar-refractivity contribution in [2.45, 2.75) is 32.7 Å². The number of hydrogen-bond acceptors (Lipinski definition) is 3. The summed E-state index contributed by atoms with van der Waals surface area (Å²) in [7, 11) is 1.64. The van der Waals surface area contributed by atoms with Gasteiger partial charge in [-0.3, -0.25) is 9.59 Å². The molecule has 0 radical (unpaired) electrons. The van der Waals surface area contributed by atoms with E-state index in [0.717, 1.165) is 34.1 Å². The Morgan fingerprint density at radius 3 is 2.37 bits per heavy atom. The number of carbonyl (C=O) groups is 2. The first-order valence-corrected chi connectivity index (χ1v) is 13.8. The smallest absolute Gasteiger partial charge is 0.254 e. The zero-order valence-corrected chi connectivity index (χ0v) is 23.5. The van der Waals surface area contributed by atoms with Crippen LogP contribution >= 0.6 is 15.9 Å². The number of unbranched alkanes of at least 4 members (excludes halogenated alkanes) is 1. The summed E-state index contributed by atoms with van der Waals surface area (Å²) < 4.78 is 6.20. The van der Waals surface area contributed by atoms with Gasteiger partial charge in [-0.05, 0) is 66.4 Å². The van der Waals surface area contributed by atoms with Crippen molar-refractivity contribution in [2.24, 2.45) is 0 Å². The Labute approximate surface area is 232 Å². The molecule has 4 aromatic rings. The van der Waals surface area contributed by atoms with Gasteiger partial charge in [0.15, 0.2) is 0 Å². The Balaban J connectivity index is 1.54. The first-order chi connectivity index (χ1) is 18.5. The number of fused-ring (bicyclic) bond motifs is 1. The average Bonchev–Trinajstić information content (AvgIpc) is 3.36. The molecule has 2 amide bonds. The van der Waals surface area contributed by atoms with Crippen LogP contribution in [0.4, 0.5) is 0 Å². The first-order valence-electron chi connectivity index (χ1n) is 13.0. The Morgan fingerprint density at radius 2 is 1.66 bits per heavy atom. The van der Waals surface area contributed by atoms with E-state index in [0.29, 0.717) is 31.6 Å². The van der Waals surface area contributed by atoms with Gasteiger partial charge in [0.05, 0.1) is 7.11 Å². The normalized spacial score (nSPS) is 10.9. The predicted molar refractivity (Wildman–Crippen MR) is 155 cm³/mol. The van der Waals surface area contributed by atoms with E-state index in [2.05, 4.69) is 40.0 Å². The van der Waals surface area contributed by atoms with Gasteiger partial charge >= 0.3 is 0 Å². The number of amides is 2. The van der Waals surface area contributed by atoms with Crippen LogP contribution in [0.25, 0.3) is 10.9 Å². The number of rotatable bonds is 12. The molecule has 4 rings (SSSR count). The minimum absolute atomic E-state index is 0.0406. The number of halogens is 1. The van der Waals surface area contributed by atoms with E-state index >= 15 is 0 Å². The summed E-state index contributed by atoms with van der Waals surface area (Å²) in [4.78, 5) is 34.0. The molecule has 1 aromatic heterocycles. The summed E-state index contributed by atoms with van der Waals surface area (Å²) in [5.41, 5.74) is 3.85. The molecule has 38 heavy (non-hydrogen) atoms. The van der Waals surface area contributed by atoms with Crippen LogP contribution in [0.1, 0.15) is 41.3 Å². The maximum atomic E-state index is 13.7. The summed E-state index contributed by atoms with van der Waals surface area (Å²) in [6, 6.07) is 23.2. The Bertz CT molecular complexity index is 1350. The van der Waals surface area contributed by atoms with Crippen molar-refractivity contribution < 1.29 is 14.3 Å². The number of nitrogens with one attached hydrogen (secondary N) is 1. The predicted octanol–water partition coefficient (Wildman–Crippen LogP) is 6.45. The number of aromatic amines is 1. The summed E-state index contributed by atoms with van der Waals surface area (Å²) in [5, 5.41) is 1.17. The van der Waals surface area contributed by atoms with Crippen molar-refractivity contribution in [3.63, 3.8) is 0 Å². The van der Waals surface area contributed by atoms with Crippen molar-refractivity contribution in [2.75, 3.05) is 26.7 Å². The van der Waals surface area contributed by atoms with E-state index in [1.807, 2.05) is 59.6 Å². The highest BCUT2D eigenvalue weighted by Crippen LogP contribution is 2.20. The van der Waals surface area contributed by atoms with E-state index in [1.165, 1.54) is 10.9 Å². The van der Waals surface area contributed by atoms with Gasteiger partial charge in [-0.2, -0.15) is 0 Å². The number of ether oxygens (including phenoxy) is 1. The molecule has 7 heteroatoms. The average molecular weight is 577 g/mol. The highest BCUT2D eigenvalue weighted by Gasteiger charge is 2.23. The van der Waals surface area contributed by atoms with E-state index in [-0.39, 0.29) is 18.4 Å². The monoisotopic (exact) mass is 575 g/mol. The number of hydrogen-bond donors (Lipinski definition) is 1. The first kappa shape index (κ1) is 27.5. The molecule has 0 unspecified atom stereocenters. The molecular weight excluding hydrogens is 542 g/mol. The molecule has 198 valence electrons. The highest BCUT2D eigenvalue weighted by molar-refractivity contribution is 9.10. The molecule has 3 aromatic carbocycles. The quantitative estimate of drug-likeness (QED) is 0.211. The molecule has 1 heterocycles. The number of benzene rings is 3. The van der Waals surface area contributed by atoms with Crippen LogP contribution in [-0.2, 0) is 17.8 Å². The largest absolute Gasteiger partial charge is 0.497 e. The maximum Gasteiger partial charge on any atom is 0.254 e.